The fourth-order valence-corrected chi connectivity index (χ4v) is 4.33. The highest BCUT2D eigenvalue weighted by Gasteiger charge is 2.26. The van der Waals surface area contributed by atoms with E-state index in [4.69, 9.17) is 0 Å². The van der Waals surface area contributed by atoms with Gasteiger partial charge in [-0.05, 0) is 43.9 Å². The fourth-order valence-electron chi connectivity index (χ4n) is 2.87. The van der Waals surface area contributed by atoms with Crippen LogP contribution in [0.2, 0.25) is 0 Å². The van der Waals surface area contributed by atoms with Gasteiger partial charge in [0.15, 0.2) is 0 Å². The van der Waals surface area contributed by atoms with Crippen LogP contribution in [0.25, 0.3) is 11.4 Å². The maximum Gasteiger partial charge on any atom is 0.150 e. The number of benzene rings is 1. The van der Waals surface area contributed by atoms with Crippen LogP contribution in [-0.2, 0) is 9.84 Å². The molecule has 0 N–H and O–H groups in total. The molecule has 2 aromatic rings. The van der Waals surface area contributed by atoms with Crippen molar-refractivity contribution in [3.05, 3.63) is 41.7 Å². The van der Waals surface area contributed by atoms with Gasteiger partial charge in [-0.25, -0.2) is 13.4 Å². The van der Waals surface area contributed by atoms with E-state index < -0.39 is 9.84 Å². The Labute approximate surface area is 125 Å². The SMILES string of the molecule is Cc1ccc(-c2nccn2C2CCS(=O)(=O)CC2)cc1C. The third-order valence-electron chi connectivity index (χ3n) is 4.35. The lowest BCUT2D eigenvalue weighted by Gasteiger charge is -2.25. The second-order valence-corrected chi connectivity index (χ2v) is 8.14. The first-order chi connectivity index (χ1) is 9.96. The van der Waals surface area contributed by atoms with Gasteiger partial charge in [-0.2, -0.15) is 0 Å². The Morgan fingerprint density at radius 2 is 1.86 bits per heavy atom. The molecular weight excluding hydrogens is 284 g/mol. The highest BCUT2D eigenvalue weighted by atomic mass is 32.2. The molecule has 21 heavy (non-hydrogen) atoms. The van der Waals surface area contributed by atoms with Gasteiger partial charge in [0.2, 0.25) is 0 Å². The molecular formula is C16H20N2O2S. The monoisotopic (exact) mass is 304 g/mol. The molecule has 4 nitrogen and oxygen atoms in total. The summed E-state index contributed by atoms with van der Waals surface area (Å²) in [5.74, 6) is 1.49. The third kappa shape index (κ3) is 2.88. The lowest BCUT2D eigenvalue weighted by Crippen LogP contribution is -2.25. The van der Waals surface area contributed by atoms with Crippen LogP contribution in [0.4, 0.5) is 0 Å². The van der Waals surface area contributed by atoms with Gasteiger partial charge in [0.05, 0.1) is 11.5 Å². The van der Waals surface area contributed by atoms with Crippen LogP contribution in [0.1, 0.15) is 30.0 Å². The smallest absolute Gasteiger partial charge is 0.150 e. The Hall–Kier alpha value is -1.62. The number of aryl methyl sites for hydroxylation is 2. The minimum absolute atomic E-state index is 0.229. The van der Waals surface area contributed by atoms with Gasteiger partial charge in [-0.3, -0.25) is 0 Å². The molecule has 1 aliphatic rings. The van der Waals surface area contributed by atoms with E-state index in [1.54, 1.807) is 6.20 Å². The summed E-state index contributed by atoms with van der Waals surface area (Å²) in [5, 5.41) is 0. The zero-order valence-corrected chi connectivity index (χ0v) is 13.2. The number of rotatable bonds is 2. The molecule has 1 aliphatic heterocycles. The van der Waals surface area contributed by atoms with E-state index in [1.165, 1.54) is 11.1 Å². The van der Waals surface area contributed by atoms with Crippen molar-refractivity contribution in [2.24, 2.45) is 0 Å². The molecule has 1 saturated heterocycles. The Morgan fingerprint density at radius 3 is 2.52 bits per heavy atom. The standard InChI is InChI=1S/C16H20N2O2S/c1-12-3-4-14(11-13(12)2)16-17-7-8-18(16)15-5-9-21(19,20)10-6-15/h3-4,7-8,11,15H,5-6,9-10H2,1-2H3. The molecule has 1 aromatic carbocycles. The summed E-state index contributed by atoms with van der Waals surface area (Å²) in [4.78, 5) is 4.48. The van der Waals surface area contributed by atoms with Crippen LogP contribution >= 0.6 is 0 Å². The predicted octanol–water partition coefficient (Wildman–Crippen LogP) is 2.92. The summed E-state index contributed by atoms with van der Waals surface area (Å²) in [6.07, 6.45) is 5.12. The lowest BCUT2D eigenvalue weighted by atomic mass is 10.1. The van der Waals surface area contributed by atoms with Gasteiger partial charge in [0, 0.05) is 24.0 Å². The van der Waals surface area contributed by atoms with E-state index in [0.717, 1.165) is 11.4 Å². The second kappa shape index (κ2) is 5.30. The number of nitrogens with zero attached hydrogens (tertiary/aromatic N) is 2. The summed E-state index contributed by atoms with van der Waals surface area (Å²) in [6, 6.07) is 6.57. The molecule has 1 aromatic heterocycles. The molecule has 0 amide bonds. The van der Waals surface area contributed by atoms with Crippen LogP contribution in [-0.4, -0.2) is 29.5 Å². The summed E-state index contributed by atoms with van der Waals surface area (Å²) in [5.41, 5.74) is 3.60. The maximum absolute atomic E-state index is 11.6. The number of imidazole rings is 1. The van der Waals surface area contributed by atoms with Crippen molar-refractivity contribution in [2.45, 2.75) is 32.7 Å². The van der Waals surface area contributed by atoms with Gasteiger partial charge in [0.25, 0.3) is 0 Å². The first-order valence-electron chi connectivity index (χ1n) is 7.27. The van der Waals surface area contributed by atoms with E-state index >= 15 is 0 Å². The van der Waals surface area contributed by atoms with Crippen LogP contribution in [0.5, 0.6) is 0 Å². The van der Waals surface area contributed by atoms with Crippen molar-refractivity contribution >= 4 is 9.84 Å². The molecule has 112 valence electrons. The topological polar surface area (TPSA) is 52.0 Å². The third-order valence-corrected chi connectivity index (χ3v) is 6.07. The van der Waals surface area contributed by atoms with Crippen molar-refractivity contribution in [1.82, 2.24) is 9.55 Å². The number of aromatic nitrogens is 2. The van der Waals surface area contributed by atoms with Crippen LogP contribution in [0, 0.1) is 13.8 Å². The highest BCUT2D eigenvalue weighted by molar-refractivity contribution is 7.91. The number of hydrogen-bond acceptors (Lipinski definition) is 3. The van der Waals surface area contributed by atoms with E-state index in [2.05, 4.69) is 41.6 Å². The predicted molar refractivity (Wildman–Crippen MR) is 84.1 cm³/mol. The van der Waals surface area contributed by atoms with Crippen molar-refractivity contribution in [3.63, 3.8) is 0 Å². The molecule has 5 heteroatoms. The van der Waals surface area contributed by atoms with E-state index in [0.29, 0.717) is 12.8 Å². The zero-order chi connectivity index (χ0) is 15.0. The fraction of sp³-hybridized carbons (Fsp3) is 0.438. The van der Waals surface area contributed by atoms with Gasteiger partial charge in [-0.1, -0.05) is 12.1 Å². The highest BCUT2D eigenvalue weighted by Crippen LogP contribution is 2.29. The summed E-state index contributed by atoms with van der Waals surface area (Å²) in [6.45, 7) is 4.19. The first kappa shape index (κ1) is 14.3. The molecule has 1 fully saturated rings. The minimum atomic E-state index is -2.83. The van der Waals surface area contributed by atoms with Crippen LogP contribution in [0.3, 0.4) is 0 Å². The van der Waals surface area contributed by atoms with E-state index in [-0.39, 0.29) is 17.5 Å². The zero-order valence-electron chi connectivity index (χ0n) is 12.4. The molecule has 0 saturated carbocycles. The first-order valence-corrected chi connectivity index (χ1v) is 9.09. The summed E-state index contributed by atoms with van der Waals surface area (Å²) < 4.78 is 25.3. The van der Waals surface area contributed by atoms with Gasteiger partial charge < -0.3 is 4.57 Å². The van der Waals surface area contributed by atoms with Crippen LogP contribution in [0.15, 0.2) is 30.6 Å². The molecule has 2 heterocycles. The van der Waals surface area contributed by atoms with E-state index in [9.17, 15) is 8.42 Å². The number of hydrogen-bond donors (Lipinski definition) is 0. The molecule has 0 unspecified atom stereocenters. The maximum atomic E-state index is 11.6. The normalized spacial score (nSPS) is 18.8. The largest absolute Gasteiger partial charge is 0.328 e. The molecule has 0 atom stereocenters. The minimum Gasteiger partial charge on any atom is -0.328 e. The van der Waals surface area contributed by atoms with E-state index in [1.807, 2.05) is 6.20 Å². The average molecular weight is 304 g/mol. The summed E-state index contributed by atoms with van der Waals surface area (Å²) >= 11 is 0. The van der Waals surface area contributed by atoms with Crippen molar-refractivity contribution in [1.29, 1.82) is 0 Å². The number of sulfone groups is 1. The quantitative estimate of drug-likeness (QED) is 0.857. The Kier molecular flexibility index (Phi) is 3.61. The second-order valence-electron chi connectivity index (χ2n) is 5.84. The van der Waals surface area contributed by atoms with Gasteiger partial charge in [-0.15, -0.1) is 0 Å². The van der Waals surface area contributed by atoms with Crippen LogP contribution < -0.4 is 0 Å². The van der Waals surface area contributed by atoms with Gasteiger partial charge in [0.1, 0.15) is 15.7 Å². The average Bonchev–Trinajstić information content (AvgIpc) is 2.91. The molecule has 0 bridgehead atoms. The Bertz CT molecular complexity index is 748. The van der Waals surface area contributed by atoms with Crippen molar-refractivity contribution in [3.8, 4) is 11.4 Å². The molecule has 3 rings (SSSR count). The van der Waals surface area contributed by atoms with Gasteiger partial charge >= 0.3 is 0 Å². The molecule has 0 radical (unpaired) electrons. The Balaban J connectivity index is 1.92. The summed E-state index contributed by atoms with van der Waals surface area (Å²) in [7, 11) is -2.83. The van der Waals surface area contributed by atoms with Crippen molar-refractivity contribution in [2.75, 3.05) is 11.5 Å². The van der Waals surface area contributed by atoms with Crippen molar-refractivity contribution < 1.29 is 8.42 Å². The lowest BCUT2D eigenvalue weighted by molar-refractivity contribution is 0.453. The molecule has 0 aliphatic carbocycles. The Morgan fingerprint density at radius 1 is 1.14 bits per heavy atom. The molecule has 0 spiro atoms.